The van der Waals surface area contributed by atoms with Crippen molar-refractivity contribution in [3.05, 3.63) is 59.2 Å². The molecule has 2 aromatic carbocycles. The number of nitrogens with two attached hydrogens (primary N) is 1. The monoisotopic (exact) mass is 333 g/mol. The molecule has 2 aromatic rings. The van der Waals surface area contributed by atoms with Crippen LogP contribution >= 0.6 is 0 Å². The Labute approximate surface area is 136 Å². The summed E-state index contributed by atoms with van der Waals surface area (Å²) in [5.74, 6) is -0.122. The quantitative estimate of drug-likeness (QED) is 0.822. The van der Waals surface area contributed by atoms with Crippen LogP contribution in [0.1, 0.15) is 36.5 Å². The van der Waals surface area contributed by atoms with E-state index in [1.807, 2.05) is 50.3 Å². The minimum Gasteiger partial charge on any atom is -0.507 e. The second-order valence-electron chi connectivity index (χ2n) is 5.43. The molecule has 0 spiro atoms. The van der Waals surface area contributed by atoms with Crippen LogP contribution in [0.15, 0.2) is 42.5 Å². The number of aromatic hydroxyl groups is 1. The minimum absolute atomic E-state index is 0.0335. The molecule has 0 aromatic heterocycles. The Morgan fingerprint density at radius 2 is 1.70 bits per heavy atom. The smallest absolute Gasteiger partial charge is 0.380 e. The summed E-state index contributed by atoms with van der Waals surface area (Å²) >= 11 is 0. The molecule has 0 atom stereocenters. The molecule has 0 fully saturated rings. The molecule has 6 heteroatoms. The van der Waals surface area contributed by atoms with Gasteiger partial charge in [0.15, 0.2) is 5.75 Å². The highest BCUT2D eigenvalue weighted by atomic mass is 32.2. The number of benzene rings is 2. The van der Waals surface area contributed by atoms with Gasteiger partial charge < -0.3 is 9.29 Å². The van der Waals surface area contributed by atoms with Crippen LogP contribution < -0.4 is 9.32 Å². The highest BCUT2D eigenvalue weighted by Crippen LogP contribution is 2.36. The number of phenolic OH excluding ortho intramolecular Hbond substituents is 1. The summed E-state index contributed by atoms with van der Waals surface area (Å²) in [6, 6.07) is 12.7. The Balaban J connectivity index is 2.44. The molecular formula is C17H19NO4S. The first-order chi connectivity index (χ1) is 10.8. The number of rotatable bonds is 5. The molecule has 23 heavy (non-hydrogen) atoms. The summed E-state index contributed by atoms with van der Waals surface area (Å²) in [6.45, 7) is 3.65. The fourth-order valence-corrected chi connectivity index (χ4v) is 2.65. The first-order valence-electron chi connectivity index (χ1n) is 7.08. The van der Waals surface area contributed by atoms with Gasteiger partial charge >= 0.3 is 10.3 Å². The van der Waals surface area contributed by atoms with E-state index in [1.54, 1.807) is 18.2 Å². The zero-order chi connectivity index (χ0) is 17.0. The van der Waals surface area contributed by atoms with E-state index in [1.165, 1.54) is 0 Å². The molecule has 0 amide bonds. The van der Waals surface area contributed by atoms with Gasteiger partial charge in [0.05, 0.1) is 0 Å². The van der Waals surface area contributed by atoms with Crippen molar-refractivity contribution in [2.24, 2.45) is 5.14 Å². The van der Waals surface area contributed by atoms with Crippen molar-refractivity contribution in [1.29, 1.82) is 0 Å². The maximum absolute atomic E-state index is 11.2. The van der Waals surface area contributed by atoms with Crippen molar-refractivity contribution in [1.82, 2.24) is 0 Å². The van der Waals surface area contributed by atoms with E-state index in [4.69, 9.17) is 9.32 Å². The molecule has 0 unspecified atom stereocenters. The van der Waals surface area contributed by atoms with Crippen molar-refractivity contribution in [3.63, 3.8) is 0 Å². The van der Waals surface area contributed by atoms with Gasteiger partial charge in [-0.05, 0) is 29.2 Å². The van der Waals surface area contributed by atoms with Crippen LogP contribution in [0, 0.1) is 0 Å². The van der Waals surface area contributed by atoms with Gasteiger partial charge in [0.25, 0.3) is 0 Å². The molecule has 0 saturated heterocycles. The van der Waals surface area contributed by atoms with Gasteiger partial charge in [-0.15, -0.1) is 0 Å². The normalized spacial score (nSPS) is 12.0. The number of phenols is 1. The van der Waals surface area contributed by atoms with Gasteiger partial charge in [0.1, 0.15) is 5.75 Å². The summed E-state index contributed by atoms with van der Waals surface area (Å²) in [5.41, 5.74) is 1.99. The van der Waals surface area contributed by atoms with Crippen LogP contribution in [-0.4, -0.2) is 13.5 Å². The second-order valence-corrected chi connectivity index (χ2v) is 6.58. The van der Waals surface area contributed by atoms with Crippen LogP contribution in [-0.2, 0) is 10.3 Å². The van der Waals surface area contributed by atoms with Crippen LogP contribution in [0.25, 0.3) is 12.2 Å². The average Bonchev–Trinajstić information content (AvgIpc) is 2.43. The Morgan fingerprint density at radius 3 is 2.26 bits per heavy atom. The zero-order valence-electron chi connectivity index (χ0n) is 12.9. The Morgan fingerprint density at radius 1 is 1.09 bits per heavy atom. The maximum atomic E-state index is 11.2. The number of hydrogen-bond acceptors (Lipinski definition) is 4. The largest absolute Gasteiger partial charge is 0.507 e. The Bertz CT molecular complexity index is 812. The van der Waals surface area contributed by atoms with Gasteiger partial charge in [-0.25, -0.2) is 0 Å². The molecule has 0 aliphatic rings. The molecule has 122 valence electrons. The third-order valence-corrected chi connectivity index (χ3v) is 3.61. The summed E-state index contributed by atoms with van der Waals surface area (Å²) in [4.78, 5) is 0. The van der Waals surface area contributed by atoms with Crippen LogP contribution in [0.3, 0.4) is 0 Å². The third-order valence-electron chi connectivity index (χ3n) is 3.19. The van der Waals surface area contributed by atoms with Gasteiger partial charge in [0, 0.05) is 5.56 Å². The fraction of sp³-hybridized carbons (Fsp3) is 0.176. The molecule has 0 radical (unpaired) electrons. The van der Waals surface area contributed by atoms with Crippen LogP contribution in [0.2, 0.25) is 0 Å². The fourth-order valence-electron chi connectivity index (χ4n) is 2.26. The highest BCUT2D eigenvalue weighted by molar-refractivity contribution is 7.84. The summed E-state index contributed by atoms with van der Waals surface area (Å²) < 4.78 is 27.3. The summed E-state index contributed by atoms with van der Waals surface area (Å²) in [5, 5.41) is 15.1. The van der Waals surface area contributed by atoms with Crippen molar-refractivity contribution in [2.75, 3.05) is 0 Å². The van der Waals surface area contributed by atoms with E-state index in [9.17, 15) is 13.5 Å². The molecule has 5 nitrogen and oxygen atoms in total. The van der Waals surface area contributed by atoms with Crippen LogP contribution in [0.5, 0.6) is 11.5 Å². The molecule has 0 saturated carbocycles. The lowest BCUT2D eigenvalue weighted by molar-refractivity contribution is 0.449. The standard InChI is InChI=1S/C17H19NO4S/c1-12(2)17-15(19)10-14(11-16(17)22-23(18,20)21)9-8-13-6-4-3-5-7-13/h3-12,19H,1-2H3,(H2,18,20,21)/b9-8+. The first-order valence-corrected chi connectivity index (χ1v) is 8.55. The molecule has 0 aliphatic heterocycles. The lowest BCUT2D eigenvalue weighted by atomic mass is 9.98. The third kappa shape index (κ3) is 4.84. The SMILES string of the molecule is CC(C)c1c(O)cc(/C=C/c2ccccc2)cc1OS(N)(=O)=O. The van der Waals surface area contributed by atoms with E-state index >= 15 is 0 Å². The van der Waals surface area contributed by atoms with Gasteiger partial charge in [-0.1, -0.05) is 56.3 Å². The zero-order valence-corrected chi connectivity index (χ0v) is 13.7. The van der Waals surface area contributed by atoms with Gasteiger partial charge in [0.2, 0.25) is 0 Å². The lowest BCUT2D eigenvalue weighted by Gasteiger charge is -2.15. The predicted octanol–water partition coefficient (Wildman–Crippen LogP) is 3.27. The van der Waals surface area contributed by atoms with E-state index in [-0.39, 0.29) is 17.4 Å². The number of hydrogen-bond donors (Lipinski definition) is 2. The van der Waals surface area contributed by atoms with Gasteiger partial charge in [-0.3, -0.25) is 0 Å². The van der Waals surface area contributed by atoms with Crippen molar-refractivity contribution >= 4 is 22.5 Å². The molecule has 0 aliphatic carbocycles. The topological polar surface area (TPSA) is 89.6 Å². The van der Waals surface area contributed by atoms with E-state index < -0.39 is 10.3 Å². The minimum atomic E-state index is -4.17. The average molecular weight is 333 g/mol. The highest BCUT2D eigenvalue weighted by Gasteiger charge is 2.18. The first kappa shape index (κ1) is 17.1. The van der Waals surface area contributed by atoms with E-state index in [0.29, 0.717) is 11.1 Å². The molecule has 2 rings (SSSR count). The van der Waals surface area contributed by atoms with Crippen molar-refractivity contribution in [2.45, 2.75) is 19.8 Å². The van der Waals surface area contributed by atoms with Crippen molar-refractivity contribution < 1.29 is 17.7 Å². The lowest BCUT2D eigenvalue weighted by Crippen LogP contribution is -2.20. The Kier molecular flexibility index (Phi) is 5.08. The predicted molar refractivity (Wildman–Crippen MR) is 91.3 cm³/mol. The van der Waals surface area contributed by atoms with E-state index in [0.717, 1.165) is 5.56 Å². The van der Waals surface area contributed by atoms with Crippen molar-refractivity contribution in [3.8, 4) is 11.5 Å². The molecule has 0 heterocycles. The summed E-state index contributed by atoms with van der Waals surface area (Å²) in [7, 11) is -4.17. The summed E-state index contributed by atoms with van der Waals surface area (Å²) in [6.07, 6.45) is 3.61. The molecular weight excluding hydrogens is 314 g/mol. The van der Waals surface area contributed by atoms with E-state index in [2.05, 4.69) is 0 Å². The van der Waals surface area contributed by atoms with Crippen LogP contribution in [0.4, 0.5) is 0 Å². The molecule has 0 bridgehead atoms. The Hall–Kier alpha value is -2.31. The molecule has 3 N–H and O–H groups in total. The second kappa shape index (κ2) is 6.85. The van der Waals surface area contributed by atoms with Gasteiger partial charge in [-0.2, -0.15) is 13.6 Å². The maximum Gasteiger partial charge on any atom is 0.380 e.